The Morgan fingerprint density at radius 2 is 1.67 bits per heavy atom. The zero-order valence-corrected chi connectivity index (χ0v) is 43.9. The summed E-state index contributed by atoms with van der Waals surface area (Å²) in [5.41, 5.74) is 5.52. The smallest absolute Gasteiger partial charge is 0.264 e. The summed E-state index contributed by atoms with van der Waals surface area (Å²) in [6.45, 7) is 13.2. The first-order valence-electron chi connectivity index (χ1n) is 27.1. The molecule has 5 amide bonds. The summed E-state index contributed by atoms with van der Waals surface area (Å²) in [5, 5.41) is 34.5. The van der Waals surface area contributed by atoms with Crippen LogP contribution in [0.3, 0.4) is 0 Å². The average molecular weight is 1030 g/mol. The maximum atomic E-state index is 13.3. The molecule has 3 aromatic heterocycles. The van der Waals surface area contributed by atoms with Gasteiger partial charge in [0.05, 0.1) is 28.5 Å². The molecule has 1 aliphatic carbocycles. The van der Waals surface area contributed by atoms with Crippen LogP contribution in [-0.2, 0) is 31.0 Å². The van der Waals surface area contributed by atoms with Gasteiger partial charge < -0.3 is 35.9 Å². The lowest BCUT2D eigenvalue weighted by atomic mass is 9.76. The van der Waals surface area contributed by atoms with Crippen molar-refractivity contribution < 1.29 is 38.9 Å². The predicted octanol–water partition coefficient (Wildman–Crippen LogP) is 5.90. The number of ether oxygens (including phenoxy) is 1. The van der Waals surface area contributed by atoms with Crippen molar-refractivity contribution >= 4 is 63.2 Å². The maximum absolute atomic E-state index is 13.3. The number of nitrogens with zero attached hydrogens (tertiary/aromatic N) is 7. The minimum atomic E-state index is -1.18. The second kappa shape index (κ2) is 23.3. The fourth-order valence-corrected chi connectivity index (χ4v) is 11.1. The number of rotatable bonds is 24. The minimum Gasteiger partial charge on any atom is -0.387 e. The van der Waals surface area contributed by atoms with E-state index in [9.17, 15) is 34.2 Å². The van der Waals surface area contributed by atoms with E-state index in [1.165, 1.54) is 11.9 Å². The number of hydrogen-bond acceptors (Lipinski definition) is 15. The van der Waals surface area contributed by atoms with Crippen LogP contribution < -0.4 is 21.3 Å². The normalized spacial score (nSPS) is 22.9. The van der Waals surface area contributed by atoms with Crippen LogP contribution in [0.5, 0.6) is 0 Å². The zero-order valence-electron chi connectivity index (χ0n) is 43.9. The number of imidazole rings is 2. The van der Waals surface area contributed by atoms with Gasteiger partial charge >= 0.3 is 0 Å². The molecule has 2 aromatic carbocycles. The Morgan fingerprint density at radius 3 is 2.45 bits per heavy atom. The average Bonchev–Trinajstić information content (AvgIpc) is 4.13. The molecule has 1 saturated carbocycles. The molecule has 0 radical (unpaired) electrons. The summed E-state index contributed by atoms with van der Waals surface area (Å²) in [4.78, 5) is 88.4. The van der Waals surface area contributed by atoms with Crippen molar-refractivity contribution in [1.29, 1.82) is 0 Å². The number of hydrogen-bond donors (Lipinski definition) is 7. The molecule has 75 heavy (non-hydrogen) atoms. The second-order valence-corrected chi connectivity index (χ2v) is 22.2. The lowest BCUT2D eigenvalue weighted by Gasteiger charge is -2.46. The van der Waals surface area contributed by atoms with E-state index in [-0.39, 0.29) is 41.3 Å². The highest BCUT2D eigenvalue weighted by atomic mass is 16.6. The monoisotopic (exact) mass is 1030 g/mol. The number of aliphatic hydroxyl groups excluding tert-OH is 2. The maximum Gasteiger partial charge on any atom is 0.264 e. The Balaban J connectivity index is 0.643. The van der Waals surface area contributed by atoms with Gasteiger partial charge in [0.2, 0.25) is 17.7 Å². The highest BCUT2D eigenvalue weighted by Crippen LogP contribution is 2.39. The molecule has 6 heterocycles. The minimum absolute atomic E-state index is 0.0225. The number of aromatic amines is 1. The number of nitrogens with one attached hydrogen (secondary N) is 5. The fourth-order valence-electron chi connectivity index (χ4n) is 11.1. The highest BCUT2D eigenvalue weighted by Gasteiger charge is 2.48. The highest BCUT2D eigenvalue weighted by molar-refractivity contribution is 6.25. The molecule has 7 N–H and O–H groups in total. The number of aryl methyl sites for hydroxylation is 1. The van der Waals surface area contributed by atoms with Gasteiger partial charge in [-0.05, 0) is 106 Å². The Bertz CT molecular complexity index is 2870. The number of aromatic nitrogens is 6. The summed E-state index contributed by atoms with van der Waals surface area (Å²) in [7, 11) is 0. The van der Waals surface area contributed by atoms with Crippen LogP contribution >= 0.6 is 0 Å². The van der Waals surface area contributed by atoms with E-state index in [2.05, 4.69) is 98.9 Å². The number of piperidine rings is 1. The van der Waals surface area contributed by atoms with Gasteiger partial charge in [0.15, 0.2) is 23.2 Å². The number of aliphatic hydroxyl groups is 2. The quantitative estimate of drug-likeness (QED) is 0.0280. The number of unbranched alkanes of at least 4 members (excludes halogenated alkanes) is 5. The third-order valence-electron chi connectivity index (χ3n) is 15.5. The van der Waals surface area contributed by atoms with E-state index in [4.69, 9.17) is 9.72 Å². The van der Waals surface area contributed by atoms with Crippen LogP contribution in [0.15, 0.2) is 49.1 Å². The van der Waals surface area contributed by atoms with Crippen LogP contribution in [0.4, 0.5) is 11.5 Å². The summed E-state index contributed by atoms with van der Waals surface area (Å²) in [6.07, 6.45) is 9.96. The molecule has 4 aliphatic rings. The number of carbonyl (C=O) groups excluding carboxylic acids is 5. The topological polar surface area (TPSA) is 262 Å². The van der Waals surface area contributed by atoms with Crippen LogP contribution in [0.25, 0.3) is 22.2 Å². The van der Waals surface area contributed by atoms with Gasteiger partial charge in [0.25, 0.3) is 11.8 Å². The van der Waals surface area contributed by atoms with Crippen molar-refractivity contribution in [2.75, 3.05) is 36.8 Å². The molecule has 2 saturated heterocycles. The van der Waals surface area contributed by atoms with Crippen molar-refractivity contribution in [2.24, 2.45) is 5.92 Å². The van der Waals surface area contributed by atoms with E-state index < -0.39 is 54.2 Å². The lowest BCUT2D eigenvalue weighted by Crippen LogP contribution is -2.54. The van der Waals surface area contributed by atoms with Gasteiger partial charge in [-0.3, -0.25) is 43.7 Å². The van der Waals surface area contributed by atoms with E-state index in [0.29, 0.717) is 67.2 Å². The molecule has 20 heteroatoms. The van der Waals surface area contributed by atoms with Gasteiger partial charge in [-0.1, -0.05) is 52.2 Å². The van der Waals surface area contributed by atoms with Crippen molar-refractivity contribution in [2.45, 2.75) is 173 Å². The molecule has 3 aliphatic heterocycles. The van der Waals surface area contributed by atoms with Crippen LogP contribution in [0.1, 0.15) is 156 Å². The summed E-state index contributed by atoms with van der Waals surface area (Å²) in [6, 6.07) is 11.1. The molecular formula is C55H74N12O8. The number of amides is 5. The Morgan fingerprint density at radius 1 is 0.907 bits per heavy atom. The first-order valence-corrected chi connectivity index (χ1v) is 27.1. The number of carbonyl (C=O) groups is 5. The van der Waals surface area contributed by atoms with Crippen molar-refractivity contribution in [3.05, 3.63) is 71.6 Å². The summed E-state index contributed by atoms with van der Waals surface area (Å²) < 4.78 is 8.11. The van der Waals surface area contributed by atoms with E-state index in [1.807, 2.05) is 0 Å². The number of benzene rings is 2. The molecule has 3 fully saturated rings. The molecule has 20 nitrogen and oxygen atoms in total. The third kappa shape index (κ3) is 12.0. The Labute approximate surface area is 437 Å². The molecule has 5 unspecified atom stereocenters. The summed E-state index contributed by atoms with van der Waals surface area (Å²) in [5.74, 6) is 0.0877. The molecule has 402 valence electrons. The molecule has 0 spiro atoms. The number of imide groups is 2. The second-order valence-electron chi connectivity index (χ2n) is 22.2. The van der Waals surface area contributed by atoms with Crippen LogP contribution in [0.2, 0.25) is 0 Å². The Kier molecular flexibility index (Phi) is 16.6. The fraction of sp³-hybridized carbons (Fsp3) is 0.582. The molecule has 0 bridgehead atoms. The van der Waals surface area contributed by atoms with Gasteiger partial charge in [0.1, 0.15) is 36.5 Å². The standard InChI is InChI=1S/C55H74N12O8/c1-32(2)65(35-26-33(27-35)17-21-42-62-37-19-18-34(55(3,4)5)28-39(37)63-42)29-41-47(70)48(71)54(75-41)66-31-61-46-49(59-30-60-50(46)66)58-25-12-11-24-57-43(68)16-9-7-6-8-10-23-56-38-15-13-14-36-45(38)53(74)67(52(36)73)40-20-22-44(69)64-51(40)72/h13-15,18-19,28,30-33,35,40-41,47-48,54,56,70-71H,6-12,16-17,20-27,29H2,1-5H3,(H,57,68)(H,62,63)(H,58,59,60)(H,64,69,72). The Hall–Kier alpha value is -6.35. The molecule has 5 atom stereocenters. The zero-order chi connectivity index (χ0) is 53.0. The number of H-pyrrole nitrogens is 1. The predicted molar refractivity (Wildman–Crippen MR) is 283 cm³/mol. The van der Waals surface area contributed by atoms with Crippen LogP contribution in [0, 0.1) is 5.92 Å². The van der Waals surface area contributed by atoms with Crippen LogP contribution in [-0.4, -0.2) is 142 Å². The number of anilines is 2. The van der Waals surface area contributed by atoms with E-state index in [1.54, 1.807) is 29.1 Å². The van der Waals surface area contributed by atoms with E-state index >= 15 is 0 Å². The molecule has 5 aromatic rings. The van der Waals surface area contributed by atoms with E-state index in [0.717, 1.165) is 92.4 Å². The van der Waals surface area contributed by atoms with Gasteiger partial charge in [0, 0.05) is 63.2 Å². The van der Waals surface area contributed by atoms with Crippen molar-refractivity contribution in [3.8, 4) is 0 Å². The lowest BCUT2D eigenvalue weighted by molar-refractivity contribution is -0.136. The number of fused-ring (bicyclic) bond motifs is 3. The van der Waals surface area contributed by atoms with Gasteiger partial charge in [-0.2, -0.15) is 0 Å². The SMILES string of the molecule is CC(C)N(CC1OC(n2cnc3c(NCCCCNC(=O)CCCCCCCNc4cccc5c4C(=O)N(C4CCC(=O)NC4=O)C5=O)ncnc32)C(O)C1O)C1CC(CCc2nc3cc(C(C)(C)C)ccc3[nH]2)C1. The van der Waals surface area contributed by atoms with Gasteiger partial charge in [-0.25, -0.2) is 19.9 Å². The first kappa shape index (κ1) is 53.5. The largest absolute Gasteiger partial charge is 0.387 e. The van der Waals surface area contributed by atoms with Crippen molar-refractivity contribution in [3.63, 3.8) is 0 Å². The van der Waals surface area contributed by atoms with Gasteiger partial charge in [-0.15, -0.1) is 0 Å². The van der Waals surface area contributed by atoms with Crippen molar-refractivity contribution in [1.82, 2.24) is 49.9 Å². The molecule has 9 rings (SSSR count). The molecular weight excluding hydrogens is 957 g/mol. The third-order valence-corrected chi connectivity index (χ3v) is 15.5. The summed E-state index contributed by atoms with van der Waals surface area (Å²) >= 11 is 0. The first-order chi connectivity index (χ1) is 36.0.